The molecule has 3 nitrogen and oxygen atoms in total. The van der Waals surface area contributed by atoms with E-state index in [4.69, 9.17) is 0 Å². The smallest absolute Gasteiger partial charge is 0.0917 e. The predicted octanol–water partition coefficient (Wildman–Crippen LogP) is 2.24. The van der Waals surface area contributed by atoms with E-state index in [-0.39, 0.29) is 0 Å². The number of nitrogens with zero attached hydrogens (tertiary/aromatic N) is 2. The number of piperazine rings is 1. The van der Waals surface area contributed by atoms with Gasteiger partial charge in [0.05, 0.1) is 5.00 Å². The first-order chi connectivity index (χ1) is 8.25. The topological polar surface area (TPSA) is 18.5 Å². The maximum Gasteiger partial charge on any atom is 0.0917 e. The van der Waals surface area contributed by atoms with Crippen molar-refractivity contribution in [1.82, 2.24) is 10.2 Å². The highest BCUT2D eigenvalue weighted by Crippen LogP contribution is 2.27. The van der Waals surface area contributed by atoms with Gasteiger partial charge in [-0.15, -0.1) is 11.3 Å². The van der Waals surface area contributed by atoms with Crippen molar-refractivity contribution in [2.24, 2.45) is 0 Å². The van der Waals surface area contributed by atoms with Crippen molar-refractivity contribution in [3.63, 3.8) is 0 Å². The number of hydrogen-bond acceptors (Lipinski definition) is 4. The summed E-state index contributed by atoms with van der Waals surface area (Å²) in [5.41, 5.74) is 0. The summed E-state index contributed by atoms with van der Waals surface area (Å²) in [7, 11) is 2.18. The van der Waals surface area contributed by atoms with Gasteiger partial charge in [0.1, 0.15) is 0 Å². The first kappa shape index (κ1) is 13.3. The van der Waals surface area contributed by atoms with E-state index in [0.717, 1.165) is 19.6 Å². The second-order valence-corrected chi connectivity index (χ2v) is 6.28. The maximum absolute atomic E-state index is 3.50. The molecule has 0 spiro atoms. The fraction of sp³-hybridized carbons (Fsp3) is 0.667. The van der Waals surface area contributed by atoms with Crippen LogP contribution in [0.25, 0.3) is 0 Å². The highest BCUT2D eigenvalue weighted by molar-refractivity contribution is 9.10. The number of rotatable bonds is 5. The molecule has 0 saturated carbocycles. The van der Waals surface area contributed by atoms with E-state index >= 15 is 0 Å². The SMILES string of the molecule is CN(CCCN1CCNCC1)c1cc(Br)cs1. The molecule has 1 aromatic rings. The molecule has 96 valence electrons. The van der Waals surface area contributed by atoms with Crippen LogP contribution in [-0.4, -0.2) is 51.2 Å². The van der Waals surface area contributed by atoms with Crippen LogP contribution >= 0.6 is 27.3 Å². The predicted molar refractivity (Wildman–Crippen MR) is 79.2 cm³/mol. The second kappa shape index (κ2) is 6.73. The number of nitrogens with one attached hydrogen (secondary N) is 1. The van der Waals surface area contributed by atoms with Gasteiger partial charge in [0, 0.05) is 49.6 Å². The molecule has 17 heavy (non-hydrogen) atoms. The Kier molecular flexibility index (Phi) is 5.28. The molecular formula is C12H20BrN3S. The van der Waals surface area contributed by atoms with Crippen LogP contribution in [0.4, 0.5) is 5.00 Å². The second-order valence-electron chi connectivity index (χ2n) is 4.47. The number of halogens is 1. The standard InChI is InChI=1S/C12H20BrN3S/c1-15(12-9-11(13)10-17-12)5-2-6-16-7-3-14-4-8-16/h9-10,14H,2-8H2,1H3. The fourth-order valence-corrected chi connectivity index (χ4v) is 3.50. The van der Waals surface area contributed by atoms with Gasteiger partial charge >= 0.3 is 0 Å². The Bertz CT molecular complexity index is 336. The summed E-state index contributed by atoms with van der Waals surface area (Å²) in [5, 5.41) is 6.87. The van der Waals surface area contributed by atoms with Crippen LogP contribution < -0.4 is 10.2 Å². The molecule has 1 fully saturated rings. The van der Waals surface area contributed by atoms with Crippen molar-refractivity contribution in [3.05, 3.63) is 15.9 Å². The van der Waals surface area contributed by atoms with Crippen LogP contribution in [0.2, 0.25) is 0 Å². The lowest BCUT2D eigenvalue weighted by Crippen LogP contribution is -2.44. The molecule has 2 heterocycles. The third kappa shape index (κ3) is 4.25. The molecule has 0 amide bonds. The van der Waals surface area contributed by atoms with E-state index in [1.54, 1.807) is 11.3 Å². The minimum absolute atomic E-state index is 1.14. The molecule has 1 saturated heterocycles. The normalized spacial score (nSPS) is 17.3. The van der Waals surface area contributed by atoms with Crippen LogP contribution in [0.5, 0.6) is 0 Å². The van der Waals surface area contributed by atoms with Gasteiger partial charge in [-0.2, -0.15) is 0 Å². The fourth-order valence-electron chi connectivity index (χ4n) is 2.08. The zero-order valence-corrected chi connectivity index (χ0v) is 12.7. The Hall–Kier alpha value is -0.100. The largest absolute Gasteiger partial charge is 0.366 e. The van der Waals surface area contributed by atoms with Gasteiger partial charge < -0.3 is 15.1 Å². The molecule has 1 N–H and O–H groups in total. The monoisotopic (exact) mass is 317 g/mol. The van der Waals surface area contributed by atoms with Crippen molar-refractivity contribution in [3.8, 4) is 0 Å². The minimum atomic E-state index is 1.14. The van der Waals surface area contributed by atoms with Gasteiger partial charge in [0.25, 0.3) is 0 Å². The zero-order chi connectivity index (χ0) is 12.1. The average molecular weight is 318 g/mol. The first-order valence-corrected chi connectivity index (χ1v) is 7.81. The minimum Gasteiger partial charge on any atom is -0.366 e. The zero-order valence-electron chi connectivity index (χ0n) is 10.3. The lowest BCUT2D eigenvalue weighted by atomic mass is 10.3. The third-order valence-electron chi connectivity index (χ3n) is 3.11. The molecule has 0 radical (unpaired) electrons. The van der Waals surface area contributed by atoms with Crippen molar-refractivity contribution < 1.29 is 0 Å². The highest BCUT2D eigenvalue weighted by atomic mass is 79.9. The van der Waals surface area contributed by atoms with Crippen LogP contribution in [0.15, 0.2) is 15.9 Å². The van der Waals surface area contributed by atoms with Gasteiger partial charge in [-0.3, -0.25) is 0 Å². The van der Waals surface area contributed by atoms with Crippen LogP contribution in [0, 0.1) is 0 Å². The van der Waals surface area contributed by atoms with Crippen molar-refractivity contribution in [2.45, 2.75) is 6.42 Å². The Morgan fingerprint density at radius 2 is 2.24 bits per heavy atom. The molecule has 0 unspecified atom stereocenters. The molecule has 1 aliphatic heterocycles. The van der Waals surface area contributed by atoms with Crippen molar-refractivity contribution in [1.29, 1.82) is 0 Å². The molecule has 2 rings (SSSR count). The quantitative estimate of drug-likeness (QED) is 0.898. The molecule has 0 aromatic carbocycles. The summed E-state index contributed by atoms with van der Waals surface area (Å²) in [6, 6.07) is 2.19. The number of anilines is 1. The Labute approximate surface area is 116 Å². The van der Waals surface area contributed by atoms with E-state index in [9.17, 15) is 0 Å². The Balaban J connectivity index is 1.67. The molecule has 0 aliphatic carbocycles. The van der Waals surface area contributed by atoms with E-state index in [1.165, 1.54) is 35.5 Å². The van der Waals surface area contributed by atoms with Crippen LogP contribution in [-0.2, 0) is 0 Å². The maximum atomic E-state index is 3.50. The molecular weight excluding hydrogens is 298 g/mol. The molecule has 1 aliphatic rings. The first-order valence-electron chi connectivity index (χ1n) is 6.14. The number of thiophene rings is 1. The van der Waals surface area contributed by atoms with Gasteiger partial charge in [0.15, 0.2) is 0 Å². The van der Waals surface area contributed by atoms with Gasteiger partial charge in [-0.1, -0.05) is 0 Å². The van der Waals surface area contributed by atoms with Gasteiger partial charge in [-0.05, 0) is 35.0 Å². The van der Waals surface area contributed by atoms with E-state index in [1.807, 2.05) is 0 Å². The Morgan fingerprint density at radius 1 is 1.47 bits per heavy atom. The summed E-state index contributed by atoms with van der Waals surface area (Å²) in [6.45, 7) is 7.05. The van der Waals surface area contributed by atoms with Crippen LogP contribution in [0.3, 0.4) is 0 Å². The molecule has 0 atom stereocenters. The summed E-state index contributed by atoms with van der Waals surface area (Å²) in [4.78, 5) is 4.90. The van der Waals surface area contributed by atoms with Gasteiger partial charge in [0.2, 0.25) is 0 Å². The summed E-state index contributed by atoms with van der Waals surface area (Å²) >= 11 is 5.30. The summed E-state index contributed by atoms with van der Waals surface area (Å²) < 4.78 is 1.19. The molecule has 5 heteroatoms. The third-order valence-corrected chi connectivity index (χ3v) is 4.91. The van der Waals surface area contributed by atoms with E-state index < -0.39 is 0 Å². The number of hydrogen-bond donors (Lipinski definition) is 1. The van der Waals surface area contributed by atoms with Gasteiger partial charge in [-0.25, -0.2) is 0 Å². The highest BCUT2D eigenvalue weighted by Gasteiger charge is 2.09. The lowest BCUT2D eigenvalue weighted by Gasteiger charge is -2.28. The molecule has 1 aromatic heterocycles. The summed E-state index contributed by atoms with van der Waals surface area (Å²) in [6.07, 6.45) is 1.24. The average Bonchev–Trinajstić information content (AvgIpc) is 2.77. The Morgan fingerprint density at radius 3 is 2.88 bits per heavy atom. The van der Waals surface area contributed by atoms with E-state index in [2.05, 4.69) is 49.5 Å². The lowest BCUT2D eigenvalue weighted by molar-refractivity contribution is 0.239. The van der Waals surface area contributed by atoms with E-state index in [0.29, 0.717) is 0 Å². The van der Waals surface area contributed by atoms with Crippen LogP contribution in [0.1, 0.15) is 6.42 Å². The summed E-state index contributed by atoms with van der Waals surface area (Å²) in [5.74, 6) is 0. The molecule has 0 bridgehead atoms. The van der Waals surface area contributed by atoms with Crippen molar-refractivity contribution >= 4 is 32.3 Å². The van der Waals surface area contributed by atoms with Crippen molar-refractivity contribution in [2.75, 3.05) is 51.2 Å².